The lowest BCUT2D eigenvalue weighted by Crippen LogP contribution is -2.29. The Kier molecular flexibility index (Phi) is 3.41. The van der Waals surface area contributed by atoms with Crippen LogP contribution in [0.25, 0.3) is 0 Å². The molecule has 3 rings (SSSR count). The molecule has 0 unspecified atom stereocenters. The zero-order valence-electron chi connectivity index (χ0n) is 10.9. The summed E-state index contributed by atoms with van der Waals surface area (Å²) >= 11 is 3.10. The molecule has 0 bridgehead atoms. The monoisotopic (exact) mass is 370 g/mol. The van der Waals surface area contributed by atoms with Crippen LogP contribution >= 0.6 is 15.9 Å². The standard InChI is InChI=1S/C14H12BrFN2O2S/c15-10-7-11(16)12(17)8-14(10)21(19,20)18-6-5-9-3-1-2-4-13(9)18/h1-4,7-8H,5-6,17H2. The van der Waals surface area contributed by atoms with Crippen molar-refractivity contribution >= 4 is 37.3 Å². The van der Waals surface area contributed by atoms with E-state index < -0.39 is 15.8 Å². The summed E-state index contributed by atoms with van der Waals surface area (Å²) in [5.74, 6) is -0.650. The largest absolute Gasteiger partial charge is 0.396 e. The van der Waals surface area contributed by atoms with Crippen LogP contribution in [0.3, 0.4) is 0 Å². The average molecular weight is 371 g/mol. The van der Waals surface area contributed by atoms with Crippen LogP contribution in [-0.2, 0) is 16.4 Å². The lowest BCUT2D eigenvalue weighted by atomic mass is 10.2. The van der Waals surface area contributed by atoms with Gasteiger partial charge in [0.15, 0.2) is 0 Å². The molecule has 0 radical (unpaired) electrons. The lowest BCUT2D eigenvalue weighted by Gasteiger charge is -2.20. The van der Waals surface area contributed by atoms with E-state index in [1.807, 2.05) is 12.1 Å². The third-order valence-corrected chi connectivity index (χ3v) is 6.24. The molecule has 4 nitrogen and oxygen atoms in total. The van der Waals surface area contributed by atoms with Crippen molar-refractivity contribution < 1.29 is 12.8 Å². The molecule has 7 heteroatoms. The zero-order chi connectivity index (χ0) is 15.2. The SMILES string of the molecule is Nc1cc(S(=O)(=O)N2CCc3ccccc32)c(Br)cc1F. The molecule has 1 aliphatic rings. The van der Waals surface area contributed by atoms with Crippen LogP contribution in [-0.4, -0.2) is 15.0 Å². The summed E-state index contributed by atoms with van der Waals surface area (Å²) < 4.78 is 40.5. The van der Waals surface area contributed by atoms with Gasteiger partial charge < -0.3 is 5.73 Å². The maximum atomic E-state index is 13.4. The fourth-order valence-electron chi connectivity index (χ4n) is 2.42. The van der Waals surface area contributed by atoms with Gasteiger partial charge >= 0.3 is 0 Å². The summed E-state index contributed by atoms with van der Waals surface area (Å²) in [7, 11) is -3.78. The molecule has 1 heterocycles. The highest BCUT2D eigenvalue weighted by atomic mass is 79.9. The van der Waals surface area contributed by atoms with Crippen LogP contribution in [0.2, 0.25) is 0 Å². The van der Waals surface area contributed by atoms with Crippen LogP contribution in [0.15, 0.2) is 45.8 Å². The van der Waals surface area contributed by atoms with Crippen molar-refractivity contribution in [3.8, 4) is 0 Å². The van der Waals surface area contributed by atoms with Crippen LogP contribution in [0.1, 0.15) is 5.56 Å². The molecule has 0 atom stereocenters. The molecule has 1 aliphatic heterocycles. The van der Waals surface area contributed by atoms with E-state index in [-0.39, 0.29) is 15.1 Å². The van der Waals surface area contributed by atoms with E-state index in [1.54, 1.807) is 12.1 Å². The van der Waals surface area contributed by atoms with Gasteiger partial charge in [-0.25, -0.2) is 12.8 Å². The molecule has 0 aliphatic carbocycles. The van der Waals surface area contributed by atoms with Crippen molar-refractivity contribution in [2.75, 3.05) is 16.6 Å². The summed E-state index contributed by atoms with van der Waals surface area (Å²) in [6.07, 6.45) is 0.656. The Morgan fingerprint density at radius 1 is 1.24 bits per heavy atom. The number of sulfonamides is 1. The van der Waals surface area contributed by atoms with Crippen molar-refractivity contribution in [3.05, 3.63) is 52.3 Å². The third kappa shape index (κ3) is 2.30. The molecule has 0 spiro atoms. The fourth-order valence-corrected chi connectivity index (χ4v) is 4.94. The number of nitrogen functional groups attached to an aromatic ring is 1. The van der Waals surface area contributed by atoms with Crippen molar-refractivity contribution in [1.82, 2.24) is 0 Å². The number of anilines is 2. The number of benzene rings is 2. The Morgan fingerprint density at radius 3 is 2.71 bits per heavy atom. The van der Waals surface area contributed by atoms with E-state index in [1.165, 1.54) is 4.31 Å². The number of rotatable bonds is 2. The van der Waals surface area contributed by atoms with Gasteiger partial charge in [0.1, 0.15) is 10.7 Å². The normalized spacial score (nSPS) is 14.3. The summed E-state index contributed by atoms with van der Waals surface area (Å²) in [6.45, 7) is 0.366. The molecule has 110 valence electrons. The highest BCUT2D eigenvalue weighted by Gasteiger charge is 2.32. The Balaban J connectivity index is 2.13. The maximum Gasteiger partial charge on any atom is 0.265 e. The Bertz CT molecular complexity index is 824. The lowest BCUT2D eigenvalue weighted by molar-refractivity contribution is 0.590. The molecule has 0 fully saturated rings. The predicted molar refractivity (Wildman–Crippen MR) is 83.2 cm³/mol. The van der Waals surface area contributed by atoms with Gasteiger partial charge in [-0.3, -0.25) is 4.31 Å². The summed E-state index contributed by atoms with van der Waals surface area (Å²) in [5.41, 5.74) is 6.95. The number of para-hydroxylation sites is 1. The second-order valence-corrected chi connectivity index (χ2v) is 7.45. The first-order valence-electron chi connectivity index (χ1n) is 6.26. The maximum absolute atomic E-state index is 13.4. The van der Waals surface area contributed by atoms with Crippen molar-refractivity contribution in [2.45, 2.75) is 11.3 Å². The minimum atomic E-state index is -3.78. The van der Waals surface area contributed by atoms with Crippen molar-refractivity contribution in [1.29, 1.82) is 0 Å². The molecule has 2 aromatic carbocycles. The molecular weight excluding hydrogens is 359 g/mol. The summed E-state index contributed by atoms with van der Waals surface area (Å²) in [5, 5.41) is 0. The van der Waals surface area contributed by atoms with Crippen LogP contribution in [0, 0.1) is 5.82 Å². The molecule has 0 aromatic heterocycles. The fraction of sp³-hybridized carbons (Fsp3) is 0.143. The van der Waals surface area contributed by atoms with E-state index in [0.29, 0.717) is 18.7 Å². The Hall–Kier alpha value is -1.60. The summed E-state index contributed by atoms with van der Waals surface area (Å²) in [6, 6.07) is 9.56. The molecule has 2 aromatic rings. The van der Waals surface area contributed by atoms with Gasteiger partial charge in [-0.15, -0.1) is 0 Å². The molecular formula is C14H12BrFN2O2S. The van der Waals surface area contributed by atoms with Crippen LogP contribution < -0.4 is 10.0 Å². The Labute approximate surface area is 130 Å². The summed E-state index contributed by atoms with van der Waals surface area (Å²) in [4.78, 5) is -0.0295. The second-order valence-electron chi connectivity index (χ2n) is 4.76. The molecule has 21 heavy (non-hydrogen) atoms. The van der Waals surface area contributed by atoms with Gasteiger partial charge in [0.05, 0.1) is 11.4 Å². The second kappa shape index (κ2) is 4.99. The molecule has 0 saturated heterocycles. The van der Waals surface area contributed by atoms with Gasteiger partial charge in [-0.1, -0.05) is 18.2 Å². The topological polar surface area (TPSA) is 63.4 Å². The number of hydrogen-bond donors (Lipinski definition) is 1. The van der Waals surface area contributed by atoms with E-state index in [9.17, 15) is 12.8 Å². The highest BCUT2D eigenvalue weighted by molar-refractivity contribution is 9.10. The molecule has 2 N–H and O–H groups in total. The third-order valence-electron chi connectivity index (χ3n) is 3.46. The first kappa shape index (κ1) is 14.3. The van der Waals surface area contributed by atoms with Gasteiger partial charge in [0.25, 0.3) is 10.0 Å². The average Bonchev–Trinajstić information content (AvgIpc) is 2.87. The molecule has 0 amide bonds. The van der Waals surface area contributed by atoms with E-state index in [4.69, 9.17) is 5.73 Å². The number of fused-ring (bicyclic) bond motifs is 1. The first-order valence-corrected chi connectivity index (χ1v) is 8.50. The van der Waals surface area contributed by atoms with E-state index >= 15 is 0 Å². The van der Waals surface area contributed by atoms with Crippen molar-refractivity contribution in [3.63, 3.8) is 0 Å². The van der Waals surface area contributed by atoms with Gasteiger partial charge in [-0.05, 0) is 46.1 Å². The van der Waals surface area contributed by atoms with E-state index in [2.05, 4.69) is 15.9 Å². The Morgan fingerprint density at radius 2 is 1.95 bits per heavy atom. The van der Waals surface area contributed by atoms with Crippen LogP contribution in [0.5, 0.6) is 0 Å². The van der Waals surface area contributed by atoms with E-state index in [0.717, 1.165) is 17.7 Å². The smallest absolute Gasteiger partial charge is 0.265 e. The zero-order valence-corrected chi connectivity index (χ0v) is 13.3. The van der Waals surface area contributed by atoms with Crippen molar-refractivity contribution in [2.24, 2.45) is 0 Å². The number of hydrogen-bond acceptors (Lipinski definition) is 3. The van der Waals surface area contributed by atoms with Gasteiger partial charge in [0, 0.05) is 11.0 Å². The highest BCUT2D eigenvalue weighted by Crippen LogP contribution is 2.36. The predicted octanol–water partition coefficient (Wildman–Crippen LogP) is 2.92. The molecule has 0 saturated carbocycles. The number of halogens is 2. The minimum absolute atomic E-state index is 0.0295. The number of nitrogens with two attached hydrogens (primary N) is 1. The van der Waals surface area contributed by atoms with Gasteiger partial charge in [0.2, 0.25) is 0 Å². The minimum Gasteiger partial charge on any atom is -0.396 e. The van der Waals surface area contributed by atoms with Crippen LogP contribution in [0.4, 0.5) is 15.8 Å². The first-order chi connectivity index (χ1) is 9.91. The quantitative estimate of drug-likeness (QED) is 0.826. The number of nitrogens with zero attached hydrogens (tertiary/aromatic N) is 1. The van der Waals surface area contributed by atoms with Gasteiger partial charge in [-0.2, -0.15) is 0 Å².